The molecule has 0 saturated carbocycles. The maximum Gasteiger partial charge on any atom is 0.254 e. The van der Waals surface area contributed by atoms with Gasteiger partial charge in [0.1, 0.15) is 6.04 Å². The predicted molar refractivity (Wildman–Crippen MR) is 138 cm³/mol. The molecule has 1 fully saturated rings. The number of carbonyl (C=O) groups is 2. The highest BCUT2D eigenvalue weighted by Crippen LogP contribution is 2.39. The minimum absolute atomic E-state index is 0.137. The maximum absolute atomic E-state index is 13.6. The van der Waals surface area contributed by atoms with Crippen LogP contribution < -0.4 is 19.5 Å². The van der Waals surface area contributed by atoms with Gasteiger partial charge in [-0.2, -0.15) is 11.3 Å². The van der Waals surface area contributed by atoms with Gasteiger partial charge in [-0.25, -0.2) is 0 Å². The molecule has 2 aromatic heterocycles. The van der Waals surface area contributed by atoms with Crippen LogP contribution in [0.15, 0.2) is 53.5 Å². The number of ether oxygens (including phenoxy) is 3. The lowest BCUT2D eigenvalue weighted by Crippen LogP contribution is -2.48. The molecule has 1 aromatic carbocycles. The number of nitrogens with zero attached hydrogens (tertiary/aromatic N) is 2. The highest BCUT2D eigenvalue weighted by molar-refractivity contribution is 7.07. The number of methoxy groups -OCH3 is 2. The van der Waals surface area contributed by atoms with Gasteiger partial charge in [-0.3, -0.25) is 14.6 Å². The zero-order valence-corrected chi connectivity index (χ0v) is 21.4. The van der Waals surface area contributed by atoms with Crippen molar-refractivity contribution in [1.29, 1.82) is 0 Å². The van der Waals surface area contributed by atoms with Gasteiger partial charge in [0.15, 0.2) is 11.5 Å². The summed E-state index contributed by atoms with van der Waals surface area (Å²) < 4.78 is 17.3. The Morgan fingerprint density at radius 2 is 1.86 bits per heavy atom. The quantitative estimate of drug-likeness (QED) is 0.443. The van der Waals surface area contributed by atoms with Crippen molar-refractivity contribution in [3.8, 4) is 17.2 Å². The summed E-state index contributed by atoms with van der Waals surface area (Å²) in [4.78, 5) is 32.1. The zero-order chi connectivity index (χ0) is 25.3. The molecule has 0 radical (unpaired) electrons. The molecule has 1 aliphatic rings. The summed E-state index contributed by atoms with van der Waals surface area (Å²) in [6.45, 7) is 1.30. The molecule has 190 valence electrons. The first-order chi connectivity index (χ1) is 17.6. The Hall–Kier alpha value is -3.59. The fourth-order valence-electron chi connectivity index (χ4n) is 4.27. The van der Waals surface area contributed by atoms with E-state index in [-0.39, 0.29) is 18.4 Å². The van der Waals surface area contributed by atoms with Crippen LogP contribution in [0.25, 0.3) is 0 Å². The molecule has 36 heavy (non-hydrogen) atoms. The molecule has 1 N–H and O–H groups in total. The first kappa shape index (κ1) is 25.5. The van der Waals surface area contributed by atoms with Gasteiger partial charge in [0.25, 0.3) is 5.91 Å². The number of thiophene rings is 1. The standard InChI is InChI=1S/C27H31N3O5S/c1-33-23-15-20(16-24(34-2)25(23)35-13-8-19-9-14-36-18-19)17-30(22-5-3-4-10-29-26(22)31)27(32)21-6-11-28-12-7-21/h6-7,9,11-12,14-16,18,22H,3-5,8,10,13,17H2,1-2H3,(H,29,31)/t22-/m0/s1. The van der Waals surface area contributed by atoms with Crippen LogP contribution in [-0.4, -0.2) is 55.1 Å². The largest absolute Gasteiger partial charge is 0.493 e. The summed E-state index contributed by atoms with van der Waals surface area (Å²) in [6, 6.07) is 8.49. The molecule has 4 rings (SSSR count). The van der Waals surface area contributed by atoms with Crippen LogP contribution in [0.1, 0.15) is 40.7 Å². The van der Waals surface area contributed by atoms with Crippen LogP contribution >= 0.6 is 11.3 Å². The van der Waals surface area contributed by atoms with E-state index < -0.39 is 6.04 Å². The van der Waals surface area contributed by atoms with E-state index in [4.69, 9.17) is 14.2 Å². The monoisotopic (exact) mass is 509 g/mol. The van der Waals surface area contributed by atoms with Crippen LogP contribution in [0.3, 0.4) is 0 Å². The molecule has 1 aliphatic heterocycles. The molecule has 0 unspecified atom stereocenters. The highest BCUT2D eigenvalue weighted by Gasteiger charge is 2.32. The first-order valence-corrected chi connectivity index (χ1v) is 12.9. The first-order valence-electron chi connectivity index (χ1n) is 12.0. The van der Waals surface area contributed by atoms with E-state index in [1.807, 2.05) is 17.5 Å². The lowest BCUT2D eigenvalue weighted by molar-refractivity contribution is -0.125. The molecular formula is C27H31N3O5S. The third kappa shape index (κ3) is 6.15. The second-order valence-corrected chi connectivity index (χ2v) is 9.31. The molecule has 3 aromatic rings. The molecule has 3 heterocycles. The third-order valence-corrected chi connectivity index (χ3v) is 6.89. The third-order valence-electron chi connectivity index (χ3n) is 6.16. The van der Waals surface area contributed by atoms with Gasteiger partial charge in [-0.05, 0) is 71.5 Å². The fourth-order valence-corrected chi connectivity index (χ4v) is 4.98. The normalized spacial score (nSPS) is 15.5. The van der Waals surface area contributed by atoms with Crippen molar-refractivity contribution in [2.75, 3.05) is 27.4 Å². The summed E-state index contributed by atoms with van der Waals surface area (Å²) in [7, 11) is 3.14. The van der Waals surface area contributed by atoms with Crippen molar-refractivity contribution in [3.63, 3.8) is 0 Å². The lowest BCUT2D eigenvalue weighted by atomic mass is 10.0. The van der Waals surface area contributed by atoms with E-state index in [0.29, 0.717) is 42.4 Å². The van der Waals surface area contributed by atoms with E-state index >= 15 is 0 Å². The van der Waals surface area contributed by atoms with E-state index in [1.165, 1.54) is 5.56 Å². The number of aromatic nitrogens is 1. The number of nitrogens with one attached hydrogen (secondary N) is 1. The summed E-state index contributed by atoms with van der Waals surface area (Å²) in [5.74, 6) is 1.17. The number of amides is 2. The molecule has 0 bridgehead atoms. The lowest BCUT2D eigenvalue weighted by Gasteiger charge is -2.30. The number of pyridine rings is 1. The van der Waals surface area contributed by atoms with E-state index in [0.717, 1.165) is 24.8 Å². The second-order valence-electron chi connectivity index (χ2n) is 8.53. The van der Waals surface area contributed by atoms with Crippen LogP contribution in [0.4, 0.5) is 0 Å². The van der Waals surface area contributed by atoms with Gasteiger partial charge in [0, 0.05) is 37.5 Å². The summed E-state index contributed by atoms with van der Waals surface area (Å²) in [5.41, 5.74) is 2.46. The Kier molecular flexibility index (Phi) is 8.78. The number of hydrogen-bond acceptors (Lipinski definition) is 7. The second kappa shape index (κ2) is 12.4. The van der Waals surface area contributed by atoms with Crippen LogP contribution in [-0.2, 0) is 17.8 Å². The van der Waals surface area contributed by atoms with Gasteiger partial charge in [0.2, 0.25) is 11.7 Å². The number of carbonyl (C=O) groups excluding carboxylic acids is 2. The van der Waals surface area contributed by atoms with Gasteiger partial charge in [-0.1, -0.05) is 0 Å². The molecule has 2 amide bonds. The van der Waals surface area contributed by atoms with Crippen LogP contribution in [0, 0.1) is 0 Å². The van der Waals surface area contributed by atoms with Gasteiger partial charge < -0.3 is 24.4 Å². The SMILES string of the molecule is COc1cc(CN(C(=O)c2ccncc2)[C@H]2CCCCNC2=O)cc(OC)c1OCCc1ccsc1. The van der Waals surface area contributed by atoms with Crippen LogP contribution in [0.5, 0.6) is 17.2 Å². The van der Waals surface area contributed by atoms with Gasteiger partial charge in [0.05, 0.1) is 20.8 Å². The number of rotatable bonds is 10. The molecule has 1 atom stereocenters. The summed E-state index contributed by atoms with van der Waals surface area (Å²) in [5, 5.41) is 7.08. The molecule has 0 spiro atoms. The Labute approximate surface area is 215 Å². The molecule has 8 nitrogen and oxygen atoms in total. The Morgan fingerprint density at radius 3 is 2.53 bits per heavy atom. The van der Waals surface area contributed by atoms with Crippen molar-refractivity contribution in [3.05, 3.63) is 70.2 Å². The minimum atomic E-state index is -0.577. The maximum atomic E-state index is 13.6. The van der Waals surface area contributed by atoms with Gasteiger partial charge in [-0.15, -0.1) is 0 Å². The zero-order valence-electron chi connectivity index (χ0n) is 20.6. The summed E-state index contributed by atoms with van der Waals surface area (Å²) >= 11 is 1.65. The van der Waals surface area contributed by atoms with E-state index in [1.54, 1.807) is 55.0 Å². The average molecular weight is 510 g/mol. The number of hydrogen-bond donors (Lipinski definition) is 1. The van der Waals surface area contributed by atoms with Crippen LogP contribution in [0.2, 0.25) is 0 Å². The van der Waals surface area contributed by atoms with E-state index in [2.05, 4.69) is 21.7 Å². The summed E-state index contributed by atoms with van der Waals surface area (Å²) in [6.07, 6.45) is 6.26. The Bertz CT molecular complexity index is 1130. The average Bonchev–Trinajstić information content (AvgIpc) is 3.34. The number of benzene rings is 1. The van der Waals surface area contributed by atoms with Crippen molar-refractivity contribution >= 4 is 23.2 Å². The Balaban J connectivity index is 1.61. The molecule has 0 aliphatic carbocycles. The highest BCUT2D eigenvalue weighted by atomic mass is 32.1. The van der Waals surface area contributed by atoms with Gasteiger partial charge >= 0.3 is 0 Å². The molecule has 1 saturated heterocycles. The molecule has 9 heteroatoms. The smallest absolute Gasteiger partial charge is 0.254 e. The topological polar surface area (TPSA) is 90.0 Å². The van der Waals surface area contributed by atoms with E-state index in [9.17, 15) is 9.59 Å². The molecular weight excluding hydrogens is 478 g/mol. The Morgan fingerprint density at radius 1 is 1.11 bits per heavy atom. The fraction of sp³-hybridized carbons (Fsp3) is 0.370. The van der Waals surface area contributed by atoms with Crippen molar-refractivity contribution < 1.29 is 23.8 Å². The predicted octanol–water partition coefficient (Wildman–Crippen LogP) is 4.09. The van der Waals surface area contributed by atoms with Crippen molar-refractivity contribution in [2.24, 2.45) is 0 Å². The van der Waals surface area contributed by atoms with Crippen molar-refractivity contribution in [2.45, 2.75) is 38.3 Å². The van der Waals surface area contributed by atoms with Crippen molar-refractivity contribution in [1.82, 2.24) is 15.2 Å². The minimum Gasteiger partial charge on any atom is -0.493 e.